The molecule has 6 nitrogen and oxygen atoms in total. The topological polar surface area (TPSA) is 65.9 Å². The van der Waals surface area contributed by atoms with Crippen LogP contribution in [-0.2, 0) is 9.59 Å². The molecule has 192 valence electrons. The van der Waals surface area contributed by atoms with E-state index >= 15 is 4.39 Å². The van der Waals surface area contributed by atoms with Crippen LogP contribution in [0.2, 0.25) is 0 Å². The molecule has 0 bridgehead atoms. The highest BCUT2D eigenvalue weighted by molar-refractivity contribution is 6.00. The zero-order valence-electron chi connectivity index (χ0n) is 21.7. The van der Waals surface area contributed by atoms with Crippen LogP contribution in [0.15, 0.2) is 59.7 Å². The summed E-state index contributed by atoms with van der Waals surface area (Å²) >= 11 is 0. The molecule has 2 aliphatic rings. The number of pyridine rings is 1. The van der Waals surface area contributed by atoms with Crippen molar-refractivity contribution < 1.29 is 14.0 Å². The van der Waals surface area contributed by atoms with Gasteiger partial charge in [0.2, 0.25) is 5.91 Å². The van der Waals surface area contributed by atoms with Crippen molar-refractivity contribution in [2.24, 2.45) is 16.8 Å². The van der Waals surface area contributed by atoms with Gasteiger partial charge in [-0.25, -0.2) is 4.39 Å². The highest BCUT2D eigenvalue weighted by Crippen LogP contribution is 2.33. The molecule has 0 spiro atoms. The Kier molecular flexibility index (Phi) is 6.80. The van der Waals surface area contributed by atoms with E-state index in [1.807, 2.05) is 53.2 Å². The number of aldehydes is 1. The minimum absolute atomic E-state index is 0.216. The quantitative estimate of drug-likeness (QED) is 0.261. The Hall–Kier alpha value is -3.61. The Morgan fingerprint density at radius 2 is 1.92 bits per heavy atom. The number of aliphatic imine (C=N–C) groups is 1. The molecule has 1 aromatic heterocycles. The molecule has 7 heteroatoms. The van der Waals surface area contributed by atoms with Crippen LogP contribution in [0.4, 0.5) is 4.39 Å². The van der Waals surface area contributed by atoms with Crippen molar-refractivity contribution in [3.05, 3.63) is 66.1 Å². The molecule has 2 fully saturated rings. The number of hydrogen-bond acceptors (Lipinski definition) is 4. The molecule has 1 unspecified atom stereocenters. The van der Waals surface area contributed by atoms with E-state index in [1.165, 1.54) is 6.07 Å². The number of likely N-dealkylation sites (tertiary alicyclic amines) is 1. The Morgan fingerprint density at radius 1 is 1.16 bits per heavy atom. The molecular weight excluding hydrogens is 467 g/mol. The third-order valence-electron chi connectivity index (χ3n) is 7.25. The summed E-state index contributed by atoms with van der Waals surface area (Å²) in [6.07, 6.45) is 5.45. The normalized spacial score (nSPS) is 18.3. The highest BCUT2D eigenvalue weighted by Gasteiger charge is 2.37. The number of amides is 1. The smallest absolute Gasteiger partial charge is 0.225 e. The maximum absolute atomic E-state index is 15.7. The molecule has 5 rings (SSSR count). The van der Waals surface area contributed by atoms with Crippen LogP contribution in [-0.4, -0.2) is 65.0 Å². The van der Waals surface area contributed by atoms with Crippen LogP contribution in [0, 0.1) is 17.7 Å². The largest absolute Gasteiger partial charge is 0.359 e. The first kappa shape index (κ1) is 25.1. The summed E-state index contributed by atoms with van der Waals surface area (Å²) in [5.74, 6) is 0.801. The summed E-state index contributed by atoms with van der Waals surface area (Å²) in [7, 11) is 1.88. The number of amidine groups is 1. The van der Waals surface area contributed by atoms with Gasteiger partial charge in [0.1, 0.15) is 23.5 Å². The molecule has 1 aliphatic carbocycles. The summed E-state index contributed by atoms with van der Waals surface area (Å²) in [5, 5.41) is 0.991. The Balaban J connectivity index is 1.40. The van der Waals surface area contributed by atoms with Gasteiger partial charge in [-0.05, 0) is 80.5 Å². The van der Waals surface area contributed by atoms with E-state index in [2.05, 4.69) is 9.98 Å². The van der Waals surface area contributed by atoms with Gasteiger partial charge in [-0.2, -0.15) is 0 Å². The Bertz CT molecular complexity index is 1360. The van der Waals surface area contributed by atoms with Crippen LogP contribution in [0.3, 0.4) is 0 Å². The number of nitrogens with zero attached hydrogens (tertiary/aromatic N) is 4. The van der Waals surface area contributed by atoms with Crippen molar-refractivity contribution in [3.63, 3.8) is 0 Å². The van der Waals surface area contributed by atoms with Gasteiger partial charge in [0.15, 0.2) is 0 Å². The van der Waals surface area contributed by atoms with Gasteiger partial charge >= 0.3 is 0 Å². The van der Waals surface area contributed by atoms with Gasteiger partial charge in [-0.3, -0.25) is 14.8 Å². The first-order valence-electron chi connectivity index (χ1n) is 13.0. The molecule has 1 atom stereocenters. The van der Waals surface area contributed by atoms with Crippen LogP contribution in [0.5, 0.6) is 0 Å². The zero-order chi connectivity index (χ0) is 26.2. The molecule has 1 amide bonds. The number of fused-ring (bicyclic) bond motifs is 1. The third kappa shape index (κ3) is 5.55. The molecule has 1 saturated carbocycles. The molecule has 0 N–H and O–H groups in total. The second kappa shape index (κ2) is 10.0. The van der Waals surface area contributed by atoms with E-state index < -0.39 is 11.4 Å². The number of aromatic nitrogens is 1. The summed E-state index contributed by atoms with van der Waals surface area (Å²) in [4.78, 5) is 37.1. The van der Waals surface area contributed by atoms with Crippen molar-refractivity contribution in [1.29, 1.82) is 0 Å². The summed E-state index contributed by atoms with van der Waals surface area (Å²) in [5.41, 5.74) is 1.90. The zero-order valence-corrected chi connectivity index (χ0v) is 21.7. The molecular formula is C30H33FN4O2. The number of benzene rings is 2. The van der Waals surface area contributed by atoms with E-state index in [4.69, 9.17) is 0 Å². The molecule has 0 radical (unpaired) electrons. The number of carbonyl (C=O) groups excluding carboxylic acids is 2. The van der Waals surface area contributed by atoms with Crippen molar-refractivity contribution >= 4 is 28.9 Å². The predicted molar refractivity (Wildman–Crippen MR) is 144 cm³/mol. The maximum Gasteiger partial charge on any atom is 0.225 e. The third-order valence-corrected chi connectivity index (χ3v) is 7.25. The van der Waals surface area contributed by atoms with Crippen molar-refractivity contribution in [2.45, 2.75) is 38.6 Å². The van der Waals surface area contributed by atoms with E-state index in [0.29, 0.717) is 24.5 Å². The standard InChI is InChI=1S/C30H33FN4O2/c1-30(2,19-36)33-28(34(3)17-20-12-14-35(18-20)29(37)21-6-7-21)25-10-8-23(16-26(25)31)22-9-11-27-24(15-22)5-4-13-32-27/h4-5,8-11,13,15-16,19-21H,6-7,12,14,17-18H2,1-3H3. The van der Waals surface area contributed by atoms with Crippen molar-refractivity contribution in [2.75, 3.05) is 26.7 Å². The number of hydrogen-bond donors (Lipinski definition) is 0. The van der Waals surface area contributed by atoms with Gasteiger partial charge in [0, 0.05) is 44.2 Å². The second-order valence-corrected chi connectivity index (χ2v) is 10.9. The average Bonchev–Trinajstić information content (AvgIpc) is 3.65. The lowest BCUT2D eigenvalue weighted by Gasteiger charge is -2.27. The summed E-state index contributed by atoms with van der Waals surface area (Å²) < 4.78 is 15.7. The van der Waals surface area contributed by atoms with E-state index in [-0.39, 0.29) is 17.7 Å². The molecule has 2 aromatic carbocycles. The lowest BCUT2D eigenvalue weighted by Crippen LogP contribution is -2.37. The molecule has 3 aromatic rings. The fourth-order valence-electron chi connectivity index (χ4n) is 5.03. The maximum atomic E-state index is 15.7. The monoisotopic (exact) mass is 500 g/mol. The number of carbonyl (C=O) groups is 2. The van der Waals surface area contributed by atoms with Gasteiger partial charge in [0.25, 0.3) is 0 Å². The van der Waals surface area contributed by atoms with E-state index in [1.54, 1.807) is 26.1 Å². The van der Waals surface area contributed by atoms with Crippen LogP contribution >= 0.6 is 0 Å². The first-order valence-corrected chi connectivity index (χ1v) is 13.0. The second-order valence-electron chi connectivity index (χ2n) is 10.9. The lowest BCUT2D eigenvalue weighted by molar-refractivity contribution is -0.131. The Morgan fingerprint density at radius 3 is 2.65 bits per heavy atom. The summed E-state index contributed by atoms with van der Waals surface area (Å²) in [6, 6.07) is 14.9. The fourth-order valence-corrected chi connectivity index (χ4v) is 5.03. The van der Waals surface area contributed by atoms with Gasteiger partial charge < -0.3 is 14.6 Å². The van der Waals surface area contributed by atoms with Crippen LogP contribution < -0.4 is 0 Å². The summed E-state index contributed by atoms with van der Waals surface area (Å²) in [6.45, 7) is 5.54. The minimum atomic E-state index is -0.996. The molecule has 2 heterocycles. The molecule has 1 saturated heterocycles. The number of halogens is 1. The minimum Gasteiger partial charge on any atom is -0.359 e. The SMILES string of the molecule is CN(CC1CCN(C(=O)C2CC2)C1)C(=NC(C)(C)C=O)c1ccc(-c2ccc3ncccc3c2)cc1F. The van der Waals surface area contributed by atoms with Gasteiger partial charge in [0.05, 0.1) is 11.1 Å². The van der Waals surface area contributed by atoms with Crippen LogP contribution in [0.25, 0.3) is 22.0 Å². The van der Waals surface area contributed by atoms with E-state index in [9.17, 15) is 9.59 Å². The van der Waals surface area contributed by atoms with Gasteiger partial charge in [-0.1, -0.05) is 18.2 Å². The highest BCUT2D eigenvalue weighted by atomic mass is 19.1. The van der Waals surface area contributed by atoms with E-state index in [0.717, 1.165) is 54.1 Å². The lowest BCUT2D eigenvalue weighted by atomic mass is 10.00. The van der Waals surface area contributed by atoms with Crippen molar-refractivity contribution in [3.8, 4) is 11.1 Å². The number of rotatable bonds is 7. The molecule has 37 heavy (non-hydrogen) atoms. The Labute approximate surface area is 217 Å². The van der Waals surface area contributed by atoms with Crippen LogP contribution in [0.1, 0.15) is 38.7 Å². The predicted octanol–water partition coefficient (Wildman–Crippen LogP) is 4.96. The first-order chi connectivity index (χ1) is 17.7. The average molecular weight is 501 g/mol. The van der Waals surface area contributed by atoms with Crippen molar-refractivity contribution in [1.82, 2.24) is 14.8 Å². The molecule has 1 aliphatic heterocycles. The van der Waals surface area contributed by atoms with Gasteiger partial charge in [-0.15, -0.1) is 0 Å². The fraction of sp³-hybridized carbons (Fsp3) is 0.400.